The van der Waals surface area contributed by atoms with Crippen LogP contribution in [0.15, 0.2) is 22.7 Å². The lowest BCUT2D eigenvalue weighted by Gasteiger charge is -2.32. The fourth-order valence-electron chi connectivity index (χ4n) is 2.92. The van der Waals surface area contributed by atoms with Crippen molar-refractivity contribution in [3.8, 4) is 0 Å². The highest BCUT2D eigenvalue weighted by Gasteiger charge is 2.32. The van der Waals surface area contributed by atoms with Crippen LogP contribution in [-0.4, -0.2) is 19.9 Å². The normalized spacial score (nSPS) is 25.4. The molecule has 0 spiro atoms. The Kier molecular flexibility index (Phi) is 5.53. The van der Waals surface area contributed by atoms with Gasteiger partial charge in [-0.1, -0.05) is 22.4 Å². The van der Waals surface area contributed by atoms with Crippen LogP contribution in [0.1, 0.15) is 37.3 Å². The van der Waals surface area contributed by atoms with Gasteiger partial charge in [-0.15, -0.1) is 0 Å². The molecule has 3 unspecified atom stereocenters. The zero-order valence-corrected chi connectivity index (χ0v) is 15.9. The summed E-state index contributed by atoms with van der Waals surface area (Å²) in [6, 6.07) is 6.00. The minimum absolute atomic E-state index is 0.0936. The van der Waals surface area contributed by atoms with Gasteiger partial charge in [-0.2, -0.15) is 0 Å². The smallest absolute Gasteiger partial charge is 0.150 e. The molecule has 0 aromatic heterocycles. The van der Waals surface area contributed by atoms with Gasteiger partial charge in [0.2, 0.25) is 0 Å². The third kappa shape index (κ3) is 3.96. The summed E-state index contributed by atoms with van der Waals surface area (Å²) in [5.74, 6) is 0.242. The number of hydrogen-bond donors (Lipinski definition) is 1. The second-order valence-corrected chi connectivity index (χ2v) is 9.97. The lowest BCUT2D eigenvalue weighted by Crippen LogP contribution is -2.33. The van der Waals surface area contributed by atoms with Gasteiger partial charge in [0, 0.05) is 20.3 Å². The van der Waals surface area contributed by atoms with E-state index in [1.54, 1.807) is 0 Å². The minimum atomic E-state index is -2.96. The van der Waals surface area contributed by atoms with E-state index in [-0.39, 0.29) is 17.2 Å². The van der Waals surface area contributed by atoms with Crippen molar-refractivity contribution in [2.45, 2.75) is 37.0 Å². The van der Waals surface area contributed by atoms with Gasteiger partial charge >= 0.3 is 0 Å². The van der Waals surface area contributed by atoms with Gasteiger partial charge in [0.05, 0.1) is 5.25 Å². The first kappa shape index (κ1) is 16.7. The molecule has 0 radical (unpaired) electrons. The number of nitrogens with two attached hydrogens (primary N) is 1. The first-order chi connectivity index (χ1) is 9.29. The van der Waals surface area contributed by atoms with Crippen molar-refractivity contribution >= 4 is 48.4 Å². The number of rotatable bonds is 3. The molecule has 1 aliphatic carbocycles. The summed E-state index contributed by atoms with van der Waals surface area (Å²) in [5, 5.41) is -0.225. The van der Waals surface area contributed by atoms with E-state index in [2.05, 4.69) is 44.6 Å². The van der Waals surface area contributed by atoms with Crippen LogP contribution in [0.5, 0.6) is 0 Å². The molecular formula is C14H19BrINO2S. The summed E-state index contributed by atoms with van der Waals surface area (Å²) >= 11 is 5.77. The molecule has 6 heteroatoms. The maximum absolute atomic E-state index is 11.8. The van der Waals surface area contributed by atoms with Crippen LogP contribution in [0.4, 0.5) is 0 Å². The van der Waals surface area contributed by atoms with Crippen LogP contribution in [0.3, 0.4) is 0 Å². The zero-order valence-electron chi connectivity index (χ0n) is 11.4. The second-order valence-electron chi connectivity index (χ2n) is 5.57. The first-order valence-electron chi connectivity index (χ1n) is 6.68. The predicted octanol–water partition coefficient (Wildman–Crippen LogP) is 3.66. The van der Waals surface area contributed by atoms with Crippen molar-refractivity contribution in [1.82, 2.24) is 0 Å². The molecule has 20 heavy (non-hydrogen) atoms. The molecule has 0 aliphatic heterocycles. The number of halogens is 2. The Morgan fingerprint density at radius 3 is 2.75 bits per heavy atom. The van der Waals surface area contributed by atoms with Crippen molar-refractivity contribution in [2.24, 2.45) is 11.7 Å². The monoisotopic (exact) mass is 471 g/mol. The molecule has 1 fully saturated rings. The molecule has 0 heterocycles. The van der Waals surface area contributed by atoms with Crippen LogP contribution in [0, 0.1) is 9.49 Å². The fourth-order valence-corrected chi connectivity index (χ4v) is 5.19. The van der Waals surface area contributed by atoms with Crippen LogP contribution in [-0.2, 0) is 9.84 Å². The van der Waals surface area contributed by atoms with Crippen LogP contribution >= 0.6 is 38.5 Å². The van der Waals surface area contributed by atoms with Gasteiger partial charge in [-0.05, 0) is 71.5 Å². The summed E-state index contributed by atoms with van der Waals surface area (Å²) in [4.78, 5) is 0. The van der Waals surface area contributed by atoms with E-state index >= 15 is 0 Å². The molecule has 1 saturated carbocycles. The quantitative estimate of drug-likeness (QED) is 0.684. The Balaban J connectivity index is 2.20. The number of benzene rings is 1. The SMILES string of the molecule is CS(=O)(=O)C1CCCC(C(N)c2cc(Br)ccc2I)C1. The molecule has 3 nitrogen and oxygen atoms in total. The molecule has 1 aliphatic rings. The van der Waals surface area contributed by atoms with Gasteiger partial charge in [0.1, 0.15) is 9.84 Å². The average Bonchev–Trinajstić information content (AvgIpc) is 2.40. The average molecular weight is 472 g/mol. The van der Waals surface area contributed by atoms with Crippen LogP contribution in [0.2, 0.25) is 0 Å². The molecule has 112 valence electrons. The molecule has 1 aromatic carbocycles. The Morgan fingerprint density at radius 1 is 1.40 bits per heavy atom. The molecular weight excluding hydrogens is 453 g/mol. The lowest BCUT2D eigenvalue weighted by atomic mass is 9.81. The van der Waals surface area contributed by atoms with E-state index in [4.69, 9.17) is 5.73 Å². The maximum Gasteiger partial charge on any atom is 0.150 e. The Bertz CT molecular complexity index is 591. The third-order valence-electron chi connectivity index (χ3n) is 4.10. The molecule has 2 rings (SSSR count). The van der Waals surface area contributed by atoms with E-state index in [0.29, 0.717) is 6.42 Å². The molecule has 2 N–H and O–H groups in total. The zero-order chi connectivity index (χ0) is 14.9. The van der Waals surface area contributed by atoms with E-state index in [1.807, 2.05) is 12.1 Å². The highest BCUT2D eigenvalue weighted by atomic mass is 127. The topological polar surface area (TPSA) is 60.2 Å². The summed E-state index contributed by atoms with van der Waals surface area (Å²) in [6.07, 6.45) is 4.76. The van der Waals surface area contributed by atoms with Crippen LogP contribution < -0.4 is 5.73 Å². The standard InChI is InChI=1S/C14H19BrINO2S/c1-20(18,19)11-4-2-3-9(7-11)14(17)12-8-10(15)5-6-13(12)16/h5-6,8-9,11,14H,2-4,7,17H2,1H3. The third-order valence-corrected chi connectivity index (χ3v) is 7.21. The first-order valence-corrected chi connectivity index (χ1v) is 10.5. The largest absolute Gasteiger partial charge is 0.324 e. The van der Waals surface area contributed by atoms with Crippen molar-refractivity contribution in [3.05, 3.63) is 31.8 Å². The van der Waals surface area contributed by atoms with Crippen molar-refractivity contribution in [3.63, 3.8) is 0 Å². The highest BCUT2D eigenvalue weighted by molar-refractivity contribution is 14.1. The summed E-state index contributed by atoms with van der Waals surface area (Å²) < 4.78 is 25.7. The van der Waals surface area contributed by atoms with Gasteiger partial charge < -0.3 is 5.73 Å². The van der Waals surface area contributed by atoms with E-state index in [0.717, 1.165) is 32.9 Å². The Hall–Kier alpha value is 0.340. The fraction of sp³-hybridized carbons (Fsp3) is 0.571. The van der Waals surface area contributed by atoms with Gasteiger partial charge in [0.15, 0.2) is 0 Å². The van der Waals surface area contributed by atoms with Crippen molar-refractivity contribution in [2.75, 3.05) is 6.26 Å². The highest BCUT2D eigenvalue weighted by Crippen LogP contribution is 2.37. The predicted molar refractivity (Wildman–Crippen MR) is 94.4 cm³/mol. The number of sulfone groups is 1. The van der Waals surface area contributed by atoms with E-state index in [1.165, 1.54) is 6.26 Å². The van der Waals surface area contributed by atoms with E-state index < -0.39 is 9.84 Å². The van der Waals surface area contributed by atoms with Gasteiger partial charge in [0.25, 0.3) is 0 Å². The Labute approximate surface area is 142 Å². The van der Waals surface area contributed by atoms with Crippen LogP contribution in [0.25, 0.3) is 0 Å². The molecule has 0 bridgehead atoms. The molecule has 1 aromatic rings. The van der Waals surface area contributed by atoms with Crippen molar-refractivity contribution < 1.29 is 8.42 Å². The summed E-state index contributed by atoms with van der Waals surface area (Å²) in [5.41, 5.74) is 7.53. The van der Waals surface area contributed by atoms with Crippen molar-refractivity contribution in [1.29, 1.82) is 0 Å². The summed E-state index contributed by atoms with van der Waals surface area (Å²) in [7, 11) is -2.96. The minimum Gasteiger partial charge on any atom is -0.324 e. The number of hydrogen-bond acceptors (Lipinski definition) is 3. The van der Waals surface area contributed by atoms with E-state index in [9.17, 15) is 8.42 Å². The Morgan fingerprint density at radius 2 is 2.10 bits per heavy atom. The lowest BCUT2D eigenvalue weighted by molar-refractivity contribution is 0.308. The summed E-state index contributed by atoms with van der Waals surface area (Å²) in [6.45, 7) is 0. The maximum atomic E-state index is 11.8. The van der Waals surface area contributed by atoms with Gasteiger partial charge in [-0.3, -0.25) is 0 Å². The van der Waals surface area contributed by atoms with Gasteiger partial charge in [-0.25, -0.2) is 8.42 Å². The second kappa shape index (κ2) is 6.62. The molecule has 0 amide bonds. The molecule has 3 atom stereocenters. The molecule has 0 saturated heterocycles.